The summed E-state index contributed by atoms with van der Waals surface area (Å²) in [4.78, 5) is 27.5. The Hall–Kier alpha value is -2.82. The Morgan fingerprint density at radius 2 is 1.63 bits per heavy atom. The van der Waals surface area contributed by atoms with Crippen LogP contribution in [0.2, 0.25) is 0 Å². The zero-order valence-electron chi connectivity index (χ0n) is 15.7. The molecule has 2 amide bonds. The highest BCUT2D eigenvalue weighted by molar-refractivity contribution is 6.09. The van der Waals surface area contributed by atoms with Crippen molar-refractivity contribution in [1.29, 1.82) is 0 Å². The number of benzene rings is 2. The number of amides is 2. The fraction of sp³-hybridized carbons (Fsp3) is 0.364. The van der Waals surface area contributed by atoms with Gasteiger partial charge in [-0.1, -0.05) is 25.0 Å². The average Bonchev–Trinajstić information content (AvgIpc) is 2.98. The van der Waals surface area contributed by atoms with E-state index in [0.717, 1.165) is 31.7 Å². The maximum atomic E-state index is 13.0. The minimum absolute atomic E-state index is 0.0144. The molecule has 0 saturated carbocycles. The van der Waals surface area contributed by atoms with E-state index < -0.39 is 0 Å². The van der Waals surface area contributed by atoms with Gasteiger partial charge in [0.25, 0.3) is 11.8 Å². The third-order valence-electron chi connectivity index (χ3n) is 4.73. The zero-order chi connectivity index (χ0) is 19.1. The van der Waals surface area contributed by atoms with E-state index in [1.165, 1.54) is 12.8 Å². The van der Waals surface area contributed by atoms with Crippen molar-refractivity contribution in [3.8, 4) is 5.75 Å². The number of ether oxygens (including phenoxy) is 1. The number of para-hydroxylation sites is 1. The first kappa shape index (κ1) is 19.0. The topological polar surface area (TPSA) is 58.6 Å². The molecular weight excluding hydrogens is 340 g/mol. The van der Waals surface area contributed by atoms with Crippen LogP contribution in [0, 0.1) is 0 Å². The monoisotopic (exact) mass is 366 g/mol. The maximum absolute atomic E-state index is 13.0. The summed E-state index contributed by atoms with van der Waals surface area (Å²) in [6.07, 6.45) is 4.40. The van der Waals surface area contributed by atoms with Gasteiger partial charge in [0.05, 0.1) is 17.9 Å². The number of anilines is 1. The van der Waals surface area contributed by atoms with Crippen LogP contribution in [0.4, 0.5) is 5.69 Å². The third-order valence-corrected chi connectivity index (χ3v) is 4.73. The van der Waals surface area contributed by atoms with Gasteiger partial charge in [0, 0.05) is 18.7 Å². The molecule has 0 spiro atoms. The quantitative estimate of drug-likeness (QED) is 0.856. The first-order chi connectivity index (χ1) is 13.2. The van der Waals surface area contributed by atoms with Crippen LogP contribution in [0.3, 0.4) is 0 Å². The fourth-order valence-electron chi connectivity index (χ4n) is 3.29. The SMILES string of the molecule is CCOc1ccc(C(=O)Nc2ccccc2C(=O)N2CCCCCC2)cc1. The first-order valence-corrected chi connectivity index (χ1v) is 9.61. The Morgan fingerprint density at radius 3 is 2.30 bits per heavy atom. The molecule has 2 aromatic carbocycles. The van der Waals surface area contributed by atoms with Gasteiger partial charge >= 0.3 is 0 Å². The Morgan fingerprint density at radius 1 is 0.963 bits per heavy atom. The number of carbonyl (C=O) groups excluding carboxylic acids is 2. The van der Waals surface area contributed by atoms with Crippen LogP contribution in [0.15, 0.2) is 48.5 Å². The molecule has 0 unspecified atom stereocenters. The average molecular weight is 366 g/mol. The van der Waals surface area contributed by atoms with Crippen LogP contribution >= 0.6 is 0 Å². The molecule has 2 aromatic rings. The minimum atomic E-state index is -0.242. The second-order valence-corrected chi connectivity index (χ2v) is 6.66. The Labute approximate surface area is 160 Å². The van der Waals surface area contributed by atoms with E-state index in [9.17, 15) is 9.59 Å². The van der Waals surface area contributed by atoms with Gasteiger partial charge in [0.15, 0.2) is 0 Å². The van der Waals surface area contributed by atoms with Gasteiger partial charge in [-0.2, -0.15) is 0 Å². The number of rotatable bonds is 5. The predicted molar refractivity (Wildman–Crippen MR) is 106 cm³/mol. The number of carbonyl (C=O) groups is 2. The molecule has 0 aliphatic carbocycles. The summed E-state index contributed by atoms with van der Waals surface area (Å²) in [5, 5.41) is 2.89. The Balaban J connectivity index is 1.75. The van der Waals surface area contributed by atoms with Crippen molar-refractivity contribution < 1.29 is 14.3 Å². The molecule has 0 atom stereocenters. The lowest BCUT2D eigenvalue weighted by atomic mass is 10.1. The predicted octanol–water partition coefficient (Wildman–Crippen LogP) is 4.35. The fourth-order valence-corrected chi connectivity index (χ4v) is 3.29. The van der Waals surface area contributed by atoms with Gasteiger partial charge in [0.1, 0.15) is 5.75 Å². The minimum Gasteiger partial charge on any atom is -0.494 e. The van der Waals surface area contributed by atoms with E-state index in [1.807, 2.05) is 24.0 Å². The summed E-state index contributed by atoms with van der Waals surface area (Å²) in [6, 6.07) is 14.2. The lowest BCUT2D eigenvalue weighted by Crippen LogP contribution is -2.32. The lowest BCUT2D eigenvalue weighted by Gasteiger charge is -2.22. The van der Waals surface area contributed by atoms with E-state index in [4.69, 9.17) is 4.74 Å². The summed E-state index contributed by atoms with van der Waals surface area (Å²) in [5.74, 6) is 0.472. The second-order valence-electron chi connectivity index (χ2n) is 6.66. The highest BCUT2D eigenvalue weighted by atomic mass is 16.5. The molecule has 5 nitrogen and oxygen atoms in total. The highest BCUT2D eigenvalue weighted by Crippen LogP contribution is 2.21. The second kappa shape index (κ2) is 9.21. The van der Waals surface area contributed by atoms with Crippen LogP contribution in [0.5, 0.6) is 5.75 Å². The molecule has 142 valence electrons. The van der Waals surface area contributed by atoms with Crippen molar-refractivity contribution in [3.05, 3.63) is 59.7 Å². The molecule has 5 heteroatoms. The van der Waals surface area contributed by atoms with E-state index in [-0.39, 0.29) is 11.8 Å². The summed E-state index contributed by atoms with van der Waals surface area (Å²) >= 11 is 0. The molecule has 0 bridgehead atoms. The molecule has 27 heavy (non-hydrogen) atoms. The van der Waals surface area contributed by atoms with Gasteiger partial charge in [0.2, 0.25) is 0 Å². The van der Waals surface area contributed by atoms with E-state index in [1.54, 1.807) is 36.4 Å². The van der Waals surface area contributed by atoms with Crippen molar-refractivity contribution in [2.75, 3.05) is 25.0 Å². The Bertz CT molecular complexity index is 778. The molecule has 3 rings (SSSR count). The van der Waals surface area contributed by atoms with Gasteiger partial charge in [-0.3, -0.25) is 9.59 Å². The number of likely N-dealkylation sites (tertiary alicyclic amines) is 1. The van der Waals surface area contributed by atoms with Crippen LogP contribution in [0.25, 0.3) is 0 Å². The van der Waals surface area contributed by atoms with Crippen molar-refractivity contribution in [2.24, 2.45) is 0 Å². The summed E-state index contributed by atoms with van der Waals surface area (Å²) in [5.41, 5.74) is 1.61. The zero-order valence-corrected chi connectivity index (χ0v) is 15.7. The third kappa shape index (κ3) is 4.88. The summed E-state index contributed by atoms with van der Waals surface area (Å²) in [7, 11) is 0. The van der Waals surface area contributed by atoms with E-state index in [0.29, 0.717) is 23.4 Å². The normalized spacial score (nSPS) is 14.3. The van der Waals surface area contributed by atoms with Gasteiger partial charge in [-0.15, -0.1) is 0 Å². The molecule has 1 saturated heterocycles. The maximum Gasteiger partial charge on any atom is 0.255 e. The molecular formula is C22H26N2O3. The summed E-state index contributed by atoms with van der Waals surface area (Å²) in [6.45, 7) is 4.05. The van der Waals surface area contributed by atoms with Crippen LogP contribution in [0.1, 0.15) is 53.3 Å². The van der Waals surface area contributed by atoms with E-state index >= 15 is 0 Å². The molecule has 1 fully saturated rings. The lowest BCUT2D eigenvalue weighted by molar-refractivity contribution is 0.0762. The van der Waals surface area contributed by atoms with Gasteiger partial charge < -0.3 is 15.0 Å². The number of nitrogens with zero attached hydrogens (tertiary/aromatic N) is 1. The Kier molecular flexibility index (Phi) is 6.47. The molecule has 1 aliphatic rings. The van der Waals surface area contributed by atoms with Gasteiger partial charge in [-0.25, -0.2) is 0 Å². The van der Waals surface area contributed by atoms with Crippen LogP contribution in [-0.2, 0) is 0 Å². The molecule has 1 aliphatic heterocycles. The standard InChI is InChI=1S/C22H26N2O3/c1-2-27-18-13-11-17(12-14-18)21(25)23-20-10-6-5-9-19(20)22(26)24-15-7-3-4-8-16-24/h5-6,9-14H,2-4,7-8,15-16H2,1H3,(H,23,25). The van der Waals surface area contributed by atoms with Crippen molar-refractivity contribution in [2.45, 2.75) is 32.6 Å². The first-order valence-electron chi connectivity index (χ1n) is 9.61. The number of hydrogen-bond acceptors (Lipinski definition) is 3. The van der Waals surface area contributed by atoms with Crippen molar-refractivity contribution in [3.63, 3.8) is 0 Å². The molecule has 1 heterocycles. The molecule has 0 aromatic heterocycles. The number of hydrogen-bond donors (Lipinski definition) is 1. The summed E-state index contributed by atoms with van der Waals surface area (Å²) < 4.78 is 5.40. The molecule has 0 radical (unpaired) electrons. The van der Waals surface area contributed by atoms with E-state index in [2.05, 4.69) is 5.32 Å². The highest BCUT2D eigenvalue weighted by Gasteiger charge is 2.20. The van der Waals surface area contributed by atoms with Crippen molar-refractivity contribution >= 4 is 17.5 Å². The number of nitrogens with one attached hydrogen (secondary N) is 1. The smallest absolute Gasteiger partial charge is 0.255 e. The van der Waals surface area contributed by atoms with Crippen LogP contribution < -0.4 is 10.1 Å². The van der Waals surface area contributed by atoms with Gasteiger partial charge in [-0.05, 0) is 56.2 Å². The van der Waals surface area contributed by atoms with Crippen molar-refractivity contribution in [1.82, 2.24) is 4.90 Å². The molecule has 1 N–H and O–H groups in total. The van der Waals surface area contributed by atoms with Crippen LogP contribution in [-0.4, -0.2) is 36.4 Å². The largest absolute Gasteiger partial charge is 0.494 e.